The molecule has 0 spiro atoms. The lowest BCUT2D eigenvalue weighted by Crippen LogP contribution is -2.48. The van der Waals surface area contributed by atoms with Gasteiger partial charge in [-0.1, -0.05) is 78.9 Å². The fourth-order valence-electron chi connectivity index (χ4n) is 4.85. The summed E-state index contributed by atoms with van der Waals surface area (Å²) in [7, 11) is 0. The van der Waals surface area contributed by atoms with Gasteiger partial charge in [-0.05, 0) is 23.6 Å². The van der Waals surface area contributed by atoms with E-state index in [2.05, 4.69) is 93.9 Å². The topological polar surface area (TPSA) is 23.6 Å². The molecule has 0 unspecified atom stereocenters. The van der Waals surface area contributed by atoms with E-state index in [0.29, 0.717) is 0 Å². The van der Waals surface area contributed by atoms with Crippen molar-refractivity contribution < 1.29 is 4.79 Å². The number of fused-ring (bicyclic) bond motifs is 1. The van der Waals surface area contributed by atoms with Gasteiger partial charge in [-0.25, -0.2) is 4.79 Å². The molecule has 5 rings (SSSR count). The maximum absolute atomic E-state index is 11.8. The van der Waals surface area contributed by atoms with E-state index in [4.69, 9.17) is 0 Å². The average Bonchev–Trinajstić information content (AvgIpc) is 3.31. The second-order valence-electron chi connectivity index (χ2n) is 8.58. The van der Waals surface area contributed by atoms with Crippen LogP contribution in [0.4, 0.5) is 0 Å². The van der Waals surface area contributed by atoms with E-state index in [1.54, 1.807) is 11.3 Å². The molecule has 1 aromatic heterocycles. The van der Waals surface area contributed by atoms with Crippen molar-refractivity contribution in [2.75, 3.05) is 32.7 Å². The van der Waals surface area contributed by atoms with E-state index in [1.165, 1.54) is 21.2 Å². The monoisotopic (exact) mass is 452 g/mol. The molecule has 1 aliphatic rings. The van der Waals surface area contributed by atoms with E-state index in [-0.39, 0.29) is 6.04 Å². The highest BCUT2D eigenvalue weighted by Crippen LogP contribution is 2.32. The lowest BCUT2D eigenvalue weighted by atomic mass is 9.96. The van der Waals surface area contributed by atoms with Gasteiger partial charge >= 0.3 is 0 Å². The molecule has 4 heteroatoms. The highest BCUT2D eigenvalue weighted by Gasteiger charge is 2.26. The second kappa shape index (κ2) is 10.3. The minimum absolute atomic E-state index is 0.275. The lowest BCUT2D eigenvalue weighted by Gasteiger charge is -2.39. The molecule has 1 saturated heterocycles. The molecule has 0 bridgehead atoms. The van der Waals surface area contributed by atoms with Gasteiger partial charge in [-0.15, -0.1) is 11.3 Å². The van der Waals surface area contributed by atoms with Gasteiger partial charge in [-0.2, -0.15) is 0 Å². The summed E-state index contributed by atoms with van der Waals surface area (Å²) in [6.07, 6.45) is 0.741. The Labute approximate surface area is 199 Å². The molecule has 1 fully saturated rings. The van der Waals surface area contributed by atoms with Crippen molar-refractivity contribution in [3.05, 3.63) is 107 Å². The predicted molar refractivity (Wildman–Crippen MR) is 138 cm³/mol. The maximum Gasteiger partial charge on any atom is 0.128 e. The van der Waals surface area contributed by atoms with Gasteiger partial charge in [0.2, 0.25) is 0 Å². The molecule has 1 aliphatic heterocycles. The standard InChI is InChI=1S/C29H28N2OS/c32-21-25(27-22-33-28-14-8-7-13-26(27)28)15-16-30-17-19-31(20-18-30)29(23-9-3-1-4-10-23)24-11-5-2-6-12-24/h1-14,22,29H,15-20H2. The van der Waals surface area contributed by atoms with Crippen LogP contribution in [0.25, 0.3) is 15.7 Å². The number of carbonyl (C=O) groups excluding carboxylic acids is 1. The van der Waals surface area contributed by atoms with Crippen LogP contribution in [0.15, 0.2) is 90.3 Å². The van der Waals surface area contributed by atoms with Gasteiger partial charge in [0.25, 0.3) is 0 Å². The van der Waals surface area contributed by atoms with E-state index in [0.717, 1.165) is 50.3 Å². The Morgan fingerprint density at radius 3 is 2.06 bits per heavy atom. The number of hydrogen-bond donors (Lipinski definition) is 0. The zero-order valence-corrected chi connectivity index (χ0v) is 19.5. The van der Waals surface area contributed by atoms with Crippen LogP contribution in [0.2, 0.25) is 0 Å². The van der Waals surface area contributed by atoms with Gasteiger partial charge in [0.15, 0.2) is 0 Å². The first-order valence-corrected chi connectivity index (χ1v) is 12.5. The molecule has 0 N–H and O–H groups in total. The van der Waals surface area contributed by atoms with Crippen molar-refractivity contribution in [3.8, 4) is 0 Å². The zero-order chi connectivity index (χ0) is 22.5. The molecule has 0 amide bonds. The highest BCUT2D eigenvalue weighted by molar-refractivity contribution is 7.17. The zero-order valence-electron chi connectivity index (χ0n) is 18.7. The minimum Gasteiger partial charge on any atom is -0.300 e. The van der Waals surface area contributed by atoms with Gasteiger partial charge in [-0.3, -0.25) is 4.90 Å². The van der Waals surface area contributed by atoms with Crippen molar-refractivity contribution in [1.82, 2.24) is 9.80 Å². The summed E-state index contributed by atoms with van der Waals surface area (Å²) in [6, 6.07) is 30.2. The third-order valence-electron chi connectivity index (χ3n) is 6.61. The number of piperazine rings is 1. The average molecular weight is 453 g/mol. The Bertz CT molecular complexity index is 1200. The molecule has 33 heavy (non-hydrogen) atoms. The van der Waals surface area contributed by atoms with Crippen LogP contribution >= 0.6 is 11.3 Å². The molecular weight excluding hydrogens is 424 g/mol. The SMILES string of the molecule is O=C=C(CCN1CCN(C(c2ccccc2)c2ccccc2)CC1)c1csc2ccccc12. The van der Waals surface area contributed by atoms with Crippen molar-refractivity contribution in [1.29, 1.82) is 0 Å². The van der Waals surface area contributed by atoms with Crippen LogP contribution < -0.4 is 0 Å². The number of benzene rings is 3. The van der Waals surface area contributed by atoms with Crippen LogP contribution in [-0.2, 0) is 4.79 Å². The van der Waals surface area contributed by atoms with Crippen molar-refractivity contribution >= 4 is 32.9 Å². The van der Waals surface area contributed by atoms with Crippen LogP contribution in [0.3, 0.4) is 0 Å². The molecule has 3 aromatic carbocycles. The maximum atomic E-state index is 11.8. The highest BCUT2D eigenvalue weighted by atomic mass is 32.1. The Balaban J connectivity index is 1.24. The van der Waals surface area contributed by atoms with Crippen molar-refractivity contribution in [2.24, 2.45) is 0 Å². The van der Waals surface area contributed by atoms with Crippen LogP contribution in [0.5, 0.6) is 0 Å². The first-order chi connectivity index (χ1) is 16.3. The van der Waals surface area contributed by atoms with E-state index in [9.17, 15) is 4.79 Å². The Morgan fingerprint density at radius 2 is 1.42 bits per heavy atom. The molecule has 3 nitrogen and oxygen atoms in total. The molecular formula is C29H28N2OS. The smallest absolute Gasteiger partial charge is 0.128 e. The molecule has 0 saturated carbocycles. The molecule has 0 aliphatic carbocycles. The first-order valence-electron chi connectivity index (χ1n) is 11.6. The predicted octanol–water partition coefficient (Wildman–Crippen LogP) is 5.91. The number of hydrogen-bond acceptors (Lipinski definition) is 4. The van der Waals surface area contributed by atoms with E-state index in [1.807, 2.05) is 12.1 Å². The lowest BCUT2D eigenvalue weighted by molar-refractivity contribution is 0.111. The Hall–Kier alpha value is -3.01. The van der Waals surface area contributed by atoms with Gasteiger partial charge in [0.1, 0.15) is 5.94 Å². The molecule has 0 atom stereocenters. The Kier molecular flexibility index (Phi) is 6.80. The summed E-state index contributed by atoms with van der Waals surface area (Å²) in [4.78, 5) is 16.9. The summed E-state index contributed by atoms with van der Waals surface area (Å²) in [5.74, 6) is 2.24. The molecule has 166 valence electrons. The van der Waals surface area contributed by atoms with Crippen molar-refractivity contribution in [2.45, 2.75) is 12.5 Å². The first kappa shape index (κ1) is 21.8. The summed E-state index contributed by atoms with van der Waals surface area (Å²) >= 11 is 1.70. The largest absolute Gasteiger partial charge is 0.300 e. The normalized spacial score (nSPS) is 15.1. The summed E-state index contributed by atoms with van der Waals surface area (Å²) in [6.45, 7) is 4.93. The Morgan fingerprint density at radius 1 is 0.818 bits per heavy atom. The van der Waals surface area contributed by atoms with Crippen LogP contribution in [0.1, 0.15) is 29.2 Å². The third-order valence-corrected chi connectivity index (χ3v) is 7.57. The van der Waals surface area contributed by atoms with E-state index < -0.39 is 0 Å². The second-order valence-corrected chi connectivity index (χ2v) is 9.49. The third kappa shape index (κ3) is 4.85. The van der Waals surface area contributed by atoms with Crippen LogP contribution in [0, 0.1) is 0 Å². The van der Waals surface area contributed by atoms with Crippen LogP contribution in [-0.4, -0.2) is 48.5 Å². The van der Waals surface area contributed by atoms with Gasteiger partial charge in [0.05, 0.1) is 6.04 Å². The summed E-state index contributed by atoms with van der Waals surface area (Å²) in [5, 5.41) is 3.27. The van der Waals surface area contributed by atoms with Gasteiger partial charge < -0.3 is 4.90 Å². The number of nitrogens with zero attached hydrogens (tertiary/aromatic N) is 2. The quantitative estimate of drug-likeness (QED) is 0.326. The molecule has 2 heterocycles. The van der Waals surface area contributed by atoms with Crippen molar-refractivity contribution in [3.63, 3.8) is 0 Å². The summed E-state index contributed by atoms with van der Waals surface area (Å²) < 4.78 is 1.22. The summed E-state index contributed by atoms with van der Waals surface area (Å²) in [5.41, 5.74) is 4.53. The number of rotatable bonds is 7. The fourth-order valence-corrected chi connectivity index (χ4v) is 5.83. The van der Waals surface area contributed by atoms with E-state index >= 15 is 0 Å². The fraction of sp³-hybridized carbons (Fsp3) is 0.241. The minimum atomic E-state index is 0.275. The molecule has 0 radical (unpaired) electrons. The van der Waals surface area contributed by atoms with Gasteiger partial charge in [0, 0.05) is 59.3 Å². The molecule has 4 aromatic rings. The number of thiophene rings is 1.